The largest absolute Gasteiger partial charge is 0.465 e. The van der Waals surface area contributed by atoms with E-state index in [-0.39, 0.29) is 21.9 Å². The Hall–Kier alpha value is -1.33. The fourth-order valence-corrected chi connectivity index (χ4v) is 3.66. The average molecular weight is 366 g/mol. The van der Waals surface area contributed by atoms with Crippen molar-refractivity contribution in [2.75, 3.05) is 6.61 Å². The fraction of sp³-hybridized carbons (Fsp3) is 0.600. The molecule has 1 aromatic rings. The van der Waals surface area contributed by atoms with Gasteiger partial charge in [-0.15, -0.1) is 0 Å². The first-order valence-electron chi connectivity index (χ1n) is 8.90. The summed E-state index contributed by atoms with van der Waals surface area (Å²) in [5, 5.41) is 3.36. The van der Waals surface area contributed by atoms with Gasteiger partial charge in [0.15, 0.2) is 5.12 Å². The number of nitrogens with one attached hydrogen (secondary N) is 1. The third-order valence-electron chi connectivity index (χ3n) is 3.82. The second-order valence-electron chi connectivity index (χ2n) is 7.08. The minimum atomic E-state index is -0.650. The first kappa shape index (κ1) is 21.7. The molecule has 1 aromatic carbocycles. The highest BCUT2D eigenvalue weighted by Gasteiger charge is 2.36. The molecule has 3 atom stereocenters. The van der Waals surface area contributed by atoms with Crippen LogP contribution in [-0.4, -0.2) is 28.5 Å². The summed E-state index contributed by atoms with van der Waals surface area (Å²) in [5.41, 5.74) is 1.07. The van der Waals surface area contributed by atoms with E-state index in [1.165, 1.54) is 11.8 Å². The minimum Gasteiger partial charge on any atom is -0.465 e. The third-order valence-corrected chi connectivity index (χ3v) is 4.94. The number of rotatable bonds is 8. The van der Waals surface area contributed by atoms with Gasteiger partial charge in [-0.05, 0) is 25.8 Å². The standard InChI is InChI=1S/C20H31NO3S/c1-7-16(19(23)25-20(4,5)6)17(18(22)24-8-2)21-14(3)15-12-10-9-11-13-15/h9-14,16-17,21H,7-8H2,1-6H3/t14-,16+,17+/m1/s1. The Labute approximate surface area is 156 Å². The molecule has 0 spiro atoms. The van der Waals surface area contributed by atoms with Crippen molar-refractivity contribution >= 4 is 22.8 Å². The number of esters is 1. The zero-order chi connectivity index (χ0) is 19.0. The molecule has 0 aliphatic heterocycles. The van der Waals surface area contributed by atoms with Crippen molar-refractivity contribution in [2.24, 2.45) is 5.92 Å². The molecular weight excluding hydrogens is 334 g/mol. The maximum atomic E-state index is 12.8. The first-order chi connectivity index (χ1) is 11.7. The molecule has 5 heteroatoms. The van der Waals surface area contributed by atoms with Crippen molar-refractivity contribution in [1.82, 2.24) is 5.32 Å². The van der Waals surface area contributed by atoms with Gasteiger partial charge in [0.25, 0.3) is 0 Å². The van der Waals surface area contributed by atoms with Crippen molar-refractivity contribution in [3.63, 3.8) is 0 Å². The number of carbonyl (C=O) groups is 2. The molecule has 0 aromatic heterocycles. The van der Waals surface area contributed by atoms with E-state index < -0.39 is 12.0 Å². The summed E-state index contributed by atoms with van der Waals surface area (Å²) in [7, 11) is 0. The first-order valence-corrected chi connectivity index (χ1v) is 9.71. The number of hydrogen-bond acceptors (Lipinski definition) is 5. The molecule has 0 radical (unpaired) electrons. The van der Waals surface area contributed by atoms with Crippen molar-refractivity contribution in [3.05, 3.63) is 35.9 Å². The molecule has 0 fully saturated rings. The molecule has 0 heterocycles. The highest BCUT2D eigenvalue weighted by Crippen LogP contribution is 2.30. The quantitative estimate of drug-likeness (QED) is 0.694. The second-order valence-corrected chi connectivity index (χ2v) is 8.91. The van der Waals surface area contributed by atoms with Crippen LogP contribution in [-0.2, 0) is 14.3 Å². The van der Waals surface area contributed by atoms with Gasteiger partial charge in [-0.2, -0.15) is 0 Å². The number of benzene rings is 1. The molecule has 1 N–H and O–H groups in total. The summed E-state index contributed by atoms with van der Waals surface area (Å²) in [5.74, 6) is -0.783. The van der Waals surface area contributed by atoms with Crippen molar-refractivity contribution in [1.29, 1.82) is 0 Å². The molecule has 0 aliphatic rings. The number of hydrogen-bond donors (Lipinski definition) is 1. The van der Waals surface area contributed by atoms with Crippen LogP contribution in [0.4, 0.5) is 0 Å². The number of ether oxygens (including phenoxy) is 1. The third kappa shape index (κ3) is 7.20. The van der Waals surface area contributed by atoms with E-state index in [9.17, 15) is 9.59 Å². The Morgan fingerprint density at radius 1 is 1.16 bits per heavy atom. The van der Waals surface area contributed by atoms with E-state index in [0.29, 0.717) is 13.0 Å². The zero-order valence-corrected chi connectivity index (χ0v) is 17.0. The lowest BCUT2D eigenvalue weighted by atomic mass is 9.96. The normalized spacial score (nSPS) is 15.3. The van der Waals surface area contributed by atoms with Gasteiger partial charge in [0, 0.05) is 10.8 Å². The van der Waals surface area contributed by atoms with Crippen LogP contribution >= 0.6 is 11.8 Å². The van der Waals surface area contributed by atoms with Crippen LogP contribution in [0.5, 0.6) is 0 Å². The topological polar surface area (TPSA) is 55.4 Å². The second kappa shape index (κ2) is 9.97. The van der Waals surface area contributed by atoms with Gasteiger partial charge in [0.1, 0.15) is 6.04 Å². The number of thioether (sulfide) groups is 1. The summed E-state index contributed by atoms with van der Waals surface area (Å²) in [6, 6.07) is 9.19. The van der Waals surface area contributed by atoms with E-state index in [0.717, 1.165) is 5.56 Å². The molecule has 25 heavy (non-hydrogen) atoms. The van der Waals surface area contributed by atoms with Crippen molar-refractivity contribution in [2.45, 2.75) is 64.8 Å². The smallest absolute Gasteiger partial charge is 0.323 e. The van der Waals surface area contributed by atoms with Crippen LogP contribution < -0.4 is 5.32 Å². The molecule has 140 valence electrons. The summed E-state index contributed by atoms with van der Waals surface area (Å²) >= 11 is 1.29. The van der Waals surface area contributed by atoms with E-state index in [4.69, 9.17) is 4.74 Å². The fourth-order valence-electron chi connectivity index (χ4n) is 2.60. The Kier molecular flexibility index (Phi) is 8.66. The van der Waals surface area contributed by atoms with Crippen LogP contribution in [0.15, 0.2) is 30.3 Å². The highest BCUT2D eigenvalue weighted by molar-refractivity contribution is 8.14. The summed E-state index contributed by atoms with van der Waals surface area (Å²) < 4.78 is 5.06. The maximum Gasteiger partial charge on any atom is 0.323 e. The molecule has 0 aliphatic carbocycles. The molecular formula is C20H31NO3S. The lowest BCUT2D eigenvalue weighted by Gasteiger charge is -2.29. The van der Waals surface area contributed by atoms with E-state index in [2.05, 4.69) is 5.32 Å². The lowest BCUT2D eigenvalue weighted by Crippen LogP contribution is -2.47. The van der Waals surface area contributed by atoms with Gasteiger partial charge in [-0.3, -0.25) is 14.9 Å². The Morgan fingerprint density at radius 3 is 2.24 bits per heavy atom. The molecule has 0 amide bonds. The summed E-state index contributed by atoms with van der Waals surface area (Å²) in [6.45, 7) is 12.0. The van der Waals surface area contributed by atoms with Gasteiger partial charge in [0.2, 0.25) is 0 Å². The number of carbonyl (C=O) groups excluding carboxylic acids is 2. The SMILES string of the molecule is CCOC(=O)[C@@H](N[C@H](C)c1ccccc1)[C@H](CC)C(=O)SC(C)(C)C. The van der Waals surface area contributed by atoms with Crippen LogP contribution in [0, 0.1) is 5.92 Å². The van der Waals surface area contributed by atoms with Crippen molar-refractivity contribution < 1.29 is 14.3 Å². The molecule has 0 unspecified atom stereocenters. The maximum absolute atomic E-state index is 12.8. The molecule has 0 saturated carbocycles. The molecule has 0 bridgehead atoms. The zero-order valence-electron chi connectivity index (χ0n) is 16.2. The predicted octanol–water partition coefficient (Wildman–Crippen LogP) is 4.35. The van der Waals surface area contributed by atoms with Gasteiger partial charge in [-0.1, -0.05) is 69.8 Å². The average Bonchev–Trinajstić information content (AvgIpc) is 2.53. The van der Waals surface area contributed by atoms with E-state index in [1.54, 1.807) is 6.92 Å². The van der Waals surface area contributed by atoms with Gasteiger partial charge in [0.05, 0.1) is 12.5 Å². The van der Waals surface area contributed by atoms with E-state index in [1.807, 2.05) is 65.0 Å². The predicted molar refractivity (Wildman–Crippen MR) is 105 cm³/mol. The van der Waals surface area contributed by atoms with Crippen LogP contribution in [0.2, 0.25) is 0 Å². The van der Waals surface area contributed by atoms with Crippen LogP contribution in [0.3, 0.4) is 0 Å². The molecule has 0 saturated heterocycles. The summed E-state index contributed by atoms with van der Waals surface area (Å²) in [6.07, 6.45) is 0.583. The summed E-state index contributed by atoms with van der Waals surface area (Å²) in [4.78, 5) is 25.3. The monoisotopic (exact) mass is 365 g/mol. The van der Waals surface area contributed by atoms with Crippen LogP contribution in [0.25, 0.3) is 0 Å². The highest BCUT2D eigenvalue weighted by atomic mass is 32.2. The molecule has 4 nitrogen and oxygen atoms in total. The van der Waals surface area contributed by atoms with Crippen molar-refractivity contribution in [3.8, 4) is 0 Å². The lowest BCUT2D eigenvalue weighted by molar-refractivity contribution is -0.148. The van der Waals surface area contributed by atoms with E-state index >= 15 is 0 Å². The Bertz CT molecular complexity index is 554. The van der Waals surface area contributed by atoms with Gasteiger partial charge >= 0.3 is 5.97 Å². The minimum absolute atomic E-state index is 0.0285. The Balaban J connectivity index is 3.01. The molecule has 1 rings (SSSR count). The van der Waals surface area contributed by atoms with Crippen LogP contribution in [0.1, 0.15) is 59.6 Å². The van der Waals surface area contributed by atoms with Gasteiger partial charge in [-0.25, -0.2) is 0 Å². The Morgan fingerprint density at radius 2 is 1.76 bits per heavy atom. The van der Waals surface area contributed by atoms with Gasteiger partial charge < -0.3 is 4.74 Å².